The van der Waals surface area contributed by atoms with Gasteiger partial charge in [-0.05, 0) is 48.1 Å². The van der Waals surface area contributed by atoms with E-state index in [1.54, 1.807) is 41.1 Å². The molecule has 2 N–H and O–H groups in total. The fourth-order valence-corrected chi connectivity index (χ4v) is 3.63. The summed E-state index contributed by atoms with van der Waals surface area (Å²) in [6, 6.07) is 10.8. The van der Waals surface area contributed by atoms with Gasteiger partial charge in [-0.2, -0.15) is 0 Å². The molecule has 1 aromatic heterocycles. The number of hydrogen-bond donors (Lipinski definition) is 2. The van der Waals surface area contributed by atoms with Crippen LogP contribution in [-0.4, -0.2) is 20.9 Å². The quantitative estimate of drug-likeness (QED) is 0.459. The van der Waals surface area contributed by atoms with Crippen LogP contribution in [0.15, 0.2) is 41.4 Å². The number of fused-ring (bicyclic) bond motifs is 1. The third-order valence-corrected chi connectivity index (χ3v) is 5.52. The molecule has 4 rings (SSSR count). The smallest absolute Gasteiger partial charge is 0.218 e. The van der Waals surface area contributed by atoms with Crippen LogP contribution in [0.3, 0.4) is 0 Å². The van der Waals surface area contributed by atoms with Crippen LogP contribution >= 0.6 is 47.0 Å². The number of imidazole rings is 1. The summed E-state index contributed by atoms with van der Waals surface area (Å²) >= 11 is 23.4. The molecule has 1 aliphatic rings. The van der Waals surface area contributed by atoms with Crippen LogP contribution in [0.5, 0.6) is 5.88 Å². The summed E-state index contributed by atoms with van der Waals surface area (Å²) in [6.45, 7) is 0.363. The van der Waals surface area contributed by atoms with E-state index in [1.807, 2.05) is 12.1 Å². The second kappa shape index (κ2) is 7.17. The van der Waals surface area contributed by atoms with E-state index in [-0.39, 0.29) is 5.88 Å². The minimum atomic E-state index is 0.0365. The zero-order valence-electron chi connectivity index (χ0n) is 13.7. The Morgan fingerprint density at radius 3 is 2.70 bits per heavy atom. The molecule has 0 radical (unpaired) electrons. The molecule has 2 aromatic carbocycles. The molecule has 4 nitrogen and oxygen atoms in total. The van der Waals surface area contributed by atoms with E-state index in [1.165, 1.54) is 0 Å². The largest absolute Gasteiger partial charge is 0.493 e. The molecule has 27 heavy (non-hydrogen) atoms. The summed E-state index contributed by atoms with van der Waals surface area (Å²) < 4.78 is 1.99. The van der Waals surface area contributed by atoms with E-state index in [9.17, 15) is 5.11 Å². The summed E-state index contributed by atoms with van der Waals surface area (Å²) in [5.41, 5.74) is 3.97. The average molecular weight is 437 g/mol. The number of aromatic hydroxyl groups is 1. The van der Waals surface area contributed by atoms with Gasteiger partial charge < -0.3 is 10.1 Å². The molecular formula is C19H12Cl3N3OS. The molecule has 0 spiro atoms. The van der Waals surface area contributed by atoms with Gasteiger partial charge in [0.2, 0.25) is 5.88 Å². The number of hydrogen-bond acceptors (Lipinski definition) is 3. The van der Waals surface area contributed by atoms with Gasteiger partial charge in [0.15, 0.2) is 4.77 Å². The van der Waals surface area contributed by atoms with Crippen LogP contribution in [0, 0.1) is 4.77 Å². The molecule has 0 saturated heterocycles. The molecule has 0 amide bonds. The van der Waals surface area contributed by atoms with Gasteiger partial charge in [-0.1, -0.05) is 46.9 Å². The number of benzene rings is 2. The predicted octanol–water partition coefficient (Wildman–Crippen LogP) is 6.52. The van der Waals surface area contributed by atoms with Gasteiger partial charge in [0, 0.05) is 22.4 Å². The fourth-order valence-electron chi connectivity index (χ4n) is 2.88. The number of rotatable bonds is 3. The summed E-state index contributed by atoms with van der Waals surface area (Å²) in [4.78, 5) is 7.38. The highest BCUT2D eigenvalue weighted by molar-refractivity contribution is 7.71. The zero-order valence-corrected chi connectivity index (χ0v) is 16.8. The van der Waals surface area contributed by atoms with Gasteiger partial charge in [-0.15, -0.1) is 0 Å². The number of aromatic nitrogens is 2. The van der Waals surface area contributed by atoms with E-state index in [0.29, 0.717) is 32.1 Å². The van der Waals surface area contributed by atoms with Crippen molar-refractivity contribution in [3.63, 3.8) is 0 Å². The van der Waals surface area contributed by atoms with Crippen molar-refractivity contribution in [3.8, 4) is 5.88 Å². The van der Waals surface area contributed by atoms with Gasteiger partial charge in [-0.25, -0.2) is 0 Å². The second-order valence-electron chi connectivity index (χ2n) is 6.02. The highest BCUT2D eigenvalue weighted by Gasteiger charge is 2.16. The van der Waals surface area contributed by atoms with Crippen LogP contribution < -0.4 is 0 Å². The third kappa shape index (κ3) is 3.56. The van der Waals surface area contributed by atoms with E-state index in [4.69, 9.17) is 47.0 Å². The number of nitrogens with one attached hydrogen (secondary N) is 1. The Morgan fingerprint density at radius 2 is 1.93 bits per heavy atom. The van der Waals surface area contributed by atoms with Crippen LogP contribution in [-0.2, 0) is 6.54 Å². The maximum Gasteiger partial charge on any atom is 0.218 e. The number of aromatic amines is 1. The SMILES string of the molecule is Oc1c(/C=C2\C=Nc3cc(Cl)ccc32)[nH]c(=S)n1Cc1ccc(Cl)c(Cl)c1. The maximum atomic E-state index is 10.6. The molecule has 0 aliphatic carbocycles. The van der Waals surface area contributed by atoms with Crippen molar-refractivity contribution < 1.29 is 5.11 Å². The molecule has 0 unspecified atom stereocenters. The van der Waals surface area contributed by atoms with Crippen molar-refractivity contribution in [1.29, 1.82) is 0 Å². The minimum absolute atomic E-state index is 0.0365. The molecule has 0 saturated carbocycles. The van der Waals surface area contributed by atoms with Crippen molar-refractivity contribution in [2.75, 3.05) is 0 Å². The standard InChI is InChI=1S/C19H12Cl3N3OS/c20-12-2-3-13-11(8-23-16(13)7-12)6-17-18(26)25(19(27)24-17)9-10-1-4-14(21)15(22)5-10/h1-8,26H,9H2,(H,24,27)/b11-6+. The molecule has 0 atom stereocenters. The summed E-state index contributed by atoms with van der Waals surface area (Å²) in [5, 5.41) is 12.2. The Hall–Kier alpha value is -2.05. The Balaban J connectivity index is 1.69. The Kier molecular flexibility index (Phi) is 4.86. The summed E-state index contributed by atoms with van der Waals surface area (Å²) in [5.74, 6) is 0.0365. The lowest BCUT2D eigenvalue weighted by Crippen LogP contribution is -1.99. The van der Waals surface area contributed by atoms with E-state index >= 15 is 0 Å². The summed E-state index contributed by atoms with van der Waals surface area (Å²) in [6.07, 6.45) is 3.54. The van der Waals surface area contributed by atoms with Crippen LogP contribution in [0.2, 0.25) is 15.1 Å². The molecule has 2 heterocycles. The third-order valence-electron chi connectivity index (χ3n) is 4.22. The molecule has 3 aromatic rings. The lowest BCUT2D eigenvalue weighted by atomic mass is 10.1. The molecule has 0 bridgehead atoms. The van der Waals surface area contributed by atoms with Gasteiger partial charge >= 0.3 is 0 Å². The number of aliphatic imine (C=N–C) groups is 1. The normalized spacial score (nSPS) is 14.1. The molecular weight excluding hydrogens is 425 g/mol. The number of allylic oxidation sites excluding steroid dienone is 1. The van der Waals surface area contributed by atoms with Crippen LogP contribution in [0.4, 0.5) is 5.69 Å². The van der Waals surface area contributed by atoms with E-state index in [0.717, 1.165) is 22.4 Å². The van der Waals surface area contributed by atoms with Gasteiger partial charge in [0.05, 0.1) is 22.3 Å². The molecule has 0 fully saturated rings. The fraction of sp³-hybridized carbons (Fsp3) is 0.0526. The Bertz CT molecular complexity index is 1180. The van der Waals surface area contributed by atoms with Gasteiger partial charge in [-0.3, -0.25) is 9.56 Å². The Morgan fingerprint density at radius 1 is 1.11 bits per heavy atom. The first-order chi connectivity index (χ1) is 12.9. The van der Waals surface area contributed by atoms with Crippen molar-refractivity contribution in [2.24, 2.45) is 4.99 Å². The van der Waals surface area contributed by atoms with E-state index < -0.39 is 0 Å². The molecule has 8 heteroatoms. The monoisotopic (exact) mass is 435 g/mol. The van der Waals surface area contributed by atoms with Crippen LogP contribution in [0.25, 0.3) is 11.6 Å². The Labute approximate surface area is 175 Å². The maximum absolute atomic E-state index is 10.6. The van der Waals surface area contributed by atoms with Gasteiger partial charge in [0.1, 0.15) is 5.69 Å². The average Bonchev–Trinajstić information content (AvgIpc) is 3.14. The van der Waals surface area contributed by atoms with Gasteiger partial charge in [0.25, 0.3) is 0 Å². The van der Waals surface area contributed by atoms with Crippen molar-refractivity contribution in [3.05, 3.63) is 73.1 Å². The number of halogens is 3. The van der Waals surface area contributed by atoms with E-state index in [2.05, 4.69) is 9.98 Å². The highest BCUT2D eigenvalue weighted by atomic mass is 35.5. The highest BCUT2D eigenvalue weighted by Crippen LogP contribution is 2.35. The number of H-pyrrole nitrogens is 1. The summed E-state index contributed by atoms with van der Waals surface area (Å²) in [7, 11) is 0. The van der Waals surface area contributed by atoms with Crippen LogP contribution in [0.1, 0.15) is 16.8 Å². The molecule has 136 valence electrons. The first-order valence-electron chi connectivity index (χ1n) is 7.94. The lowest BCUT2D eigenvalue weighted by molar-refractivity contribution is 0.422. The zero-order chi connectivity index (χ0) is 19.1. The predicted molar refractivity (Wildman–Crippen MR) is 114 cm³/mol. The number of nitrogens with zero attached hydrogens (tertiary/aromatic N) is 2. The first kappa shape index (κ1) is 18.3. The van der Waals surface area contributed by atoms with Crippen molar-refractivity contribution >= 4 is 70.6 Å². The van der Waals surface area contributed by atoms with Crippen molar-refractivity contribution in [2.45, 2.75) is 6.54 Å². The minimum Gasteiger partial charge on any atom is -0.493 e. The first-order valence-corrected chi connectivity index (χ1v) is 9.48. The topological polar surface area (TPSA) is 53.3 Å². The molecule has 1 aliphatic heterocycles. The second-order valence-corrected chi connectivity index (χ2v) is 7.66. The lowest BCUT2D eigenvalue weighted by Gasteiger charge is -2.06. The van der Waals surface area contributed by atoms with Crippen molar-refractivity contribution in [1.82, 2.24) is 9.55 Å².